The van der Waals surface area contributed by atoms with Crippen LogP contribution in [-0.2, 0) is 4.74 Å². The van der Waals surface area contributed by atoms with Crippen molar-refractivity contribution in [3.8, 4) is 0 Å². The van der Waals surface area contributed by atoms with E-state index in [1.165, 1.54) is 0 Å². The van der Waals surface area contributed by atoms with Crippen LogP contribution in [0.4, 0.5) is 87.8 Å². The molecule has 33 heavy (non-hydrogen) atoms. The van der Waals surface area contributed by atoms with Gasteiger partial charge in [-0.15, -0.1) is 4.90 Å². The molecule has 0 radical (unpaired) electrons. The van der Waals surface area contributed by atoms with Crippen LogP contribution in [0.5, 0.6) is 0 Å². The summed E-state index contributed by atoms with van der Waals surface area (Å²) in [7, 11) is 0. The second-order valence-electron chi connectivity index (χ2n) is 6.21. The minimum atomic E-state index is -8.35. The molecule has 2 fully saturated rings. The van der Waals surface area contributed by atoms with Crippen LogP contribution in [0.1, 0.15) is 0 Å². The van der Waals surface area contributed by atoms with Gasteiger partial charge in [-0.25, -0.2) is 9.13 Å². The first-order chi connectivity index (χ1) is 13.9. The Morgan fingerprint density at radius 1 is 0.485 bits per heavy atom. The molecule has 196 valence electrons. The molecule has 1 atom stereocenters. The smallest absolute Gasteiger partial charge is 0.246 e. The van der Waals surface area contributed by atoms with Crippen molar-refractivity contribution in [3.63, 3.8) is 0 Å². The summed E-state index contributed by atoms with van der Waals surface area (Å²) < 4.78 is 269. The van der Waals surface area contributed by atoms with Gasteiger partial charge in [0, 0.05) is 0 Å². The van der Waals surface area contributed by atoms with Gasteiger partial charge < -0.3 is 0 Å². The van der Waals surface area contributed by atoms with Crippen molar-refractivity contribution in [2.45, 2.75) is 60.3 Å². The normalized spacial score (nSPS) is 34.9. The number of ether oxygens (including phenoxy) is 1. The Morgan fingerprint density at radius 3 is 1.06 bits per heavy atom. The summed E-state index contributed by atoms with van der Waals surface area (Å²) in [6.07, 6.45) is -22.6. The van der Waals surface area contributed by atoms with E-state index >= 15 is 0 Å². The minimum Gasteiger partial charge on any atom is -0.246 e. The average molecular weight is 544 g/mol. The Hall–Kier alpha value is -1.52. The van der Waals surface area contributed by atoms with Gasteiger partial charge in [-0.3, -0.25) is 0 Å². The Kier molecular flexibility index (Phi) is 5.19. The highest BCUT2D eigenvalue weighted by Gasteiger charge is 3.02. The molecule has 0 aromatic rings. The molecule has 0 saturated carbocycles. The van der Waals surface area contributed by atoms with E-state index in [0.29, 0.717) is 0 Å². The fraction of sp³-hybridized carbons (Fsp3) is 1.00. The van der Waals surface area contributed by atoms with Crippen molar-refractivity contribution >= 4 is 0 Å². The van der Waals surface area contributed by atoms with Crippen molar-refractivity contribution < 1.29 is 92.5 Å². The van der Waals surface area contributed by atoms with Gasteiger partial charge in [0.05, 0.1) is 0 Å². The zero-order chi connectivity index (χ0) is 26.9. The molecular weight excluding hydrogens is 544 g/mol. The first-order valence-corrected chi connectivity index (χ1v) is 7.03. The SMILES string of the molecule is FC(F)(F)C(F)(F)N1C(F)(F)C(F)(F)N(C2(F)C(F)(F)OC(F)(F)C2(F)F)C(F)(F)C1(F)F. The van der Waals surface area contributed by atoms with Crippen LogP contribution >= 0.6 is 0 Å². The molecule has 0 bridgehead atoms. The molecule has 2 rings (SSSR count). The molecule has 1 unspecified atom stereocenters. The fourth-order valence-electron chi connectivity index (χ4n) is 2.70. The molecule has 2 aliphatic rings. The number of alkyl halides is 20. The quantitative estimate of drug-likeness (QED) is 0.331. The van der Waals surface area contributed by atoms with Crippen molar-refractivity contribution in [1.82, 2.24) is 9.80 Å². The van der Waals surface area contributed by atoms with E-state index in [2.05, 4.69) is 0 Å². The first kappa shape index (κ1) is 27.7. The van der Waals surface area contributed by atoms with E-state index < -0.39 is 70.1 Å². The van der Waals surface area contributed by atoms with Crippen molar-refractivity contribution in [2.24, 2.45) is 0 Å². The lowest BCUT2D eigenvalue weighted by Crippen LogP contribution is -2.89. The van der Waals surface area contributed by atoms with Crippen molar-refractivity contribution in [1.29, 1.82) is 0 Å². The van der Waals surface area contributed by atoms with Crippen LogP contribution in [0, 0.1) is 0 Å². The molecule has 0 spiro atoms. The minimum absolute atomic E-state index is 1.66. The predicted octanol–water partition coefficient (Wildman–Crippen LogP) is 5.65. The van der Waals surface area contributed by atoms with Crippen LogP contribution in [-0.4, -0.2) is 70.1 Å². The number of hydrogen-bond acceptors (Lipinski definition) is 3. The van der Waals surface area contributed by atoms with Crippen LogP contribution in [0.2, 0.25) is 0 Å². The van der Waals surface area contributed by atoms with E-state index in [1.807, 2.05) is 0 Å². The van der Waals surface area contributed by atoms with Crippen LogP contribution in [0.3, 0.4) is 0 Å². The van der Waals surface area contributed by atoms with E-state index in [9.17, 15) is 87.8 Å². The third kappa shape index (κ3) is 2.77. The second kappa shape index (κ2) is 6.18. The number of hydrogen-bond donors (Lipinski definition) is 0. The Labute approximate surface area is 164 Å². The molecular formula is C10F20N2O. The zero-order valence-corrected chi connectivity index (χ0v) is 13.9. The molecule has 2 saturated heterocycles. The molecule has 0 aromatic carbocycles. The zero-order valence-electron chi connectivity index (χ0n) is 13.9. The van der Waals surface area contributed by atoms with Gasteiger partial charge >= 0.3 is 60.3 Å². The van der Waals surface area contributed by atoms with Gasteiger partial charge in [0.15, 0.2) is 0 Å². The Morgan fingerprint density at radius 2 is 0.818 bits per heavy atom. The number of nitrogens with zero attached hydrogens (tertiary/aromatic N) is 2. The first-order valence-electron chi connectivity index (χ1n) is 7.03. The van der Waals surface area contributed by atoms with Gasteiger partial charge in [-0.1, -0.05) is 4.90 Å². The Bertz CT molecular complexity index is 788. The largest absolute Gasteiger partial charge is 0.469 e. The predicted molar refractivity (Wildman–Crippen MR) is 54.2 cm³/mol. The molecule has 3 nitrogen and oxygen atoms in total. The van der Waals surface area contributed by atoms with Gasteiger partial charge in [-0.2, -0.15) is 83.4 Å². The molecule has 0 amide bonds. The monoisotopic (exact) mass is 544 g/mol. The maximum Gasteiger partial charge on any atom is 0.469 e. The van der Waals surface area contributed by atoms with Crippen LogP contribution in [0.25, 0.3) is 0 Å². The average Bonchev–Trinajstić information content (AvgIpc) is 2.57. The lowest BCUT2D eigenvalue weighted by atomic mass is 10.00. The summed E-state index contributed by atoms with van der Waals surface area (Å²) in [5.41, 5.74) is 0. The standard InChI is InChI=1S/C10F20N2O/c11-1(12)2(13,10(29,30)33-9(1,27)28)31-5(19,20)7(23,24)32(4(17,18)3(14,15)16)8(25,26)6(31,21)22. The van der Waals surface area contributed by atoms with E-state index in [4.69, 9.17) is 0 Å². The highest BCUT2D eigenvalue weighted by molar-refractivity contribution is 5.18. The van der Waals surface area contributed by atoms with Gasteiger partial charge in [-0.05, 0) is 0 Å². The van der Waals surface area contributed by atoms with E-state index in [0.717, 1.165) is 0 Å². The highest BCUT2D eigenvalue weighted by Crippen LogP contribution is 2.70. The second-order valence-corrected chi connectivity index (χ2v) is 6.21. The summed E-state index contributed by atoms with van der Waals surface area (Å²) in [5.74, 6) is -16.0. The summed E-state index contributed by atoms with van der Waals surface area (Å²) >= 11 is 0. The molecule has 0 aromatic heterocycles. The lowest BCUT2D eigenvalue weighted by Gasteiger charge is -2.57. The summed E-state index contributed by atoms with van der Waals surface area (Å²) in [4.78, 5) is -9.21. The third-order valence-electron chi connectivity index (χ3n) is 4.20. The van der Waals surface area contributed by atoms with Crippen LogP contribution in [0.15, 0.2) is 0 Å². The third-order valence-corrected chi connectivity index (χ3v) is 4.20. The maximum atomic E-state index is 14.4. The van der Waals surface area contributed by atoms with Gasteiger partial charge in [0.25, 0.3) is 0 Å². The van der Waals surface area contributed by atoms with Crippen molar-refractivity contribution in [2.75, 3.05) is 0 Å². The molecule has 0 aliphatic carbocycles. The summed E-state index contributed by atoms with van der Waals surface area (Å²) in [6, 6.07) is -41.4. The lowest BCUT2D eigenvalue weighted by molar-refractivity contribution is -0.581. The van der Waals surface area contributed by atoms with Gasteiger partial charge in [0.1, 0.15) is 0 Å². The summed E-state index contributed by atoms with van der Waals surface area (Å²) in [6.45, 7) is 0. The van der Waals surface area contributed by atoms with Crippen molar-refractivity contribution in [3.05, 3.63) is 0 Å². The molecule has 2 aliphatic heterocycles. The number of piperazine rings is 1. The molecule has 2 heterocycles. The fourth-order valence-corrected chi connectivity index (χ4v) is 2.70. The van der Waals surface area contributed by atoms with E-state index in [-0.39, 0.29) is 0 Å². The number of rotatable bonds is 2. The topological polar surface area (TPSA) is 15.7 Å². The Balaban J connectivity index is 2.99. The van der Waals surface area contributed by atoms with Crippen LogP contribution < -0.4 is 0 Å². The highest BCUT2D eigenvalue weighted by atomic mass is 19.4. The van der Waals surface area contributed by atoms with Gasteiger partial charge in [0.2, 0.25) is 0 Å². The molecule has 0 N–H and O–H groups in total. The van der Waals surface area contributed by atoms with E-state index in [1.54, 1.807) is 4.74 Å². The maximum absolute atomic E-state index is 14.4. The number of halogens is 20. The summed E-state index contributed by atoms with van der Waals surface area (Å²) in [5, 5.41) is 0. The molecule has 23 heteroatoms.